The van der Waals surface area contributed by atoms with Crippen molar-refractivity contribution in [2.24, 2.45) is 0 Å². The highest BCUT2D eigenvalue weighted by Gasteiger charge is 2.41. The van der Waals surface area contributed by atoms with Gasteiger partial charge in [0.2, 0.25) is 5.91 Å². The summed E-state index contributed by atoms with van der Waals surface area (Å²) in [6, 6.07) is 3.34. The molecule has 0 radical (unpaired) electrons. The van der Waals surface area contributed by atoms with Crippen LogP contribution in [0.3, 0.4) is 0 Å². The first-order chi connectivity index (χ1) is 11.0. The van der Waals surface area contributed by atoms with E-state index in [-0.39, 0.29) is 23.2 Å². The van der Waals surface area contributed by atoms with Crippen LogP contribution < -0.4 is 5.32 Å². The van der Waals surface area contributed by atoms with Crippen LogP contribution in [-0.2, 0) is 4.79 Å². The van der Waals surface area contributed by atoms with E-state index < -0.39 is 0 Å². The lowest BCUT2D eigenvalue weighted by molar-refractivity contribution is -0.124. The molecule has 1 aliphatic rings. The van der Waals surface area contributed by atoms with Crippen LogP contribution in [0.15, 0.2) is 17.5 Å². The zero-order valence-electron chi connectivity index (χ0n) is 13.9. The molecule has 2 unspecified atom stereocenters. The lowest BCUT2D eigenvalue weighted by atomic mass is 10.2. The van der Waals surface area contributed by atoms with Crippen molar-refractivity contribution >= 4 is 34.9 Å². The molecular weight excluding hydrogens is 330 g/mol. The average Bonchev–Trinajstić information content (AvgIpc) is 3.16. The van der Waals surface area contributed by atoms with Crippen LogP contribution in [0.1, 0.15) is 29.4 Å². The minimum absolute atomic E-state index is 0.0174. The summed E-state index contributed by atoms with van der Waals surface area (Å²) in [5, 5.41) is 4.96. The third-order valence-electron chi connectivity index (χ3n) is 3.76. The van der Waals surface area contributed by atoms with E-state index in [9.17, 15) is 9.59 Å². The molecule has 128 valence electrons. The zero-order chi connectivity index (χ0) is 16.8. The number of likely N-dealkylation sites (N-methyl/N-ethyl adjacent to an activating group) is 1. The Kier molecular flexibility index (Phi) is 6.92. The minimum atomic E-state index is -0.367. The zero-order valence-corrected chi connectivity index (χ0v) is 15.6. The number of carbonyl (C=O) groups excluding carboxylic acids is 2. The number of thiophene rings is 1. The van der Waals surface area contributed by atoms with Gasteiger partial charge in [0.05, 0.1) is 10.3 Å². The highest BCUT2D eigenvalue weighted by molar-refractivity contribution is 8.00. The molecule has 1 fully saturated rings. The molecule has 0 spiro atoms. The first-order valence-electron chi connectivity index (χ1n) is 7.94. The van der Waals surface area contributed by atoms with E-state index >= 15 is 0 Å². The molecule has 1 aromatic rings. The monoisotopic (exact) mass is 355 g/mol. The van der Waals surface area contributed by atoms with Gasteiger partial charge < -0.3 is 15.1 Å². The molecular formula is C16H25N3O2S2. The van der Waals surface area contributed by atoms with E-state index in [1.54, 1.807) is 16.7 Å². The van der Waals surface area contributed by atoms with Crippen molar-refractivity contribution in [3.05, 3.63) is 22.4 Å². The molecule has 5 nitrogen and oxygen atoms in total. The molecule has 2 rings (SSSR count). The fourth-order valence-electron chi connectivity index (χ4n) is 2.56. The number of hydrogen-bond acceptors (Lipinski definition) is 5. The summed E-state index contributed by atoms with van der Waals surface area (Å²) in [6.45, 7) is 3.51. The van der Waals surface area contributed by atoms with Gasteiger partial charge in [0.25, 0.3) is 5.91 Å². The van der Waals surface area contributed by atoms with Crippen molar-refractivity contribution in [1.82, 2.24) is 15.1 Å². The molecule has 23 heavy (non-hydrogen) atoms. The topological polar surface area (TPSA) is 52.7 Å². The summed E-state index contributed by atoms with van der Waals surface area (Å²) in [5.74, 6) is 0.620. The Hall–Kier alpha value is -1.05. The van der Waals surface area contributed by atoms with Gasteiger partial charge in [-0.25, -0.2) is 0 Å². The van der Waals surface area contributed by atoms with Crippen molar-refractivity contribution in [2.75, 3.05) is 32.9 Å². The molecule has 7 heteroatoms. The second-order valence-corrected chi connectivity index (χ2v) is 8.03. The van der Waals surface area contributed by atoms with Gasteiger partial charge in [0.15, 0.2) is 0 Å². The number of amides is 2. The van der Waals surface area contributed by atoms with Crippen molar-refractivity contribution in [3.63, 3.8) is 0 Å². The lowest BCUT2D eigenvalue weighted by Crippen LogP contribution is -2.50. The standard InChI is InChI=1S/C16H25N3O2S2/c1-4-6-14-19(16(21)13-7-5-10-22-13)12(11-23-14)15(20)17-8-9-18(2)3/h5,7,10,12,14H,4,6,8-9,11H2,1-3H3,(H,17,20). The van der Waals surface area contributed by atoms with E-state index in [4.69, 9.17) is 0 Å². The van der Waals surface area contributed by atoms with Crippen molar-refractivity contribution in [3.8, 4) is 0 Å². The molecule has 1 N–H and O–H groups in total. The third kappa shape index (κ3) is 4.71. The van der Waals surface area contributed by atoms with E-state index in [1.807, 2.05) is 36.5 Å². The normalized spacial score (nSPS) is 21.0. The number of nitrogens with zero attached hydrogens (tertiary/aromatic N) is 2. The van der Waals surface area contributed by atoms with Crippen LogP contribution in [0.25, 0.3) is 0 Å². The van der Waals surface area contributed by atoms with Gasteiger partial charge in [-0.1, -0.05) is 19.4 Å². The Morgan fingerprint density at radius 3 is 2.83 bits per heavy atom. The highest BCUT2D eigenvalue weighted by Crippen LogP contribution is 2.34. The third-order valence-corrected chi connectivity index (χ3v) is 5.97. The first kappa shape index (κ1) is 18.3. The van der Waals surface area contributed by atoms with Crippen LogP contribution in [0, 0.1) is 0 Å². The van der Waals surface area contributed by atoms with Gasteiger partial charge in [-0.3, -0.25) is 9.59 Å². The summed E-state index contributed by atoms with van der Waals surface area (Å²) < 4.78 is 0. The van der Waals surface area contributed by atoms with Gasteiger partial charge in [0, 0.05) is 18.8 Å². The number of nitrogens with one attached hydrogen (secondary N) is 1. The van der Waals surface area contributed by atoms with Crippen LogP contribution in [-0.4, -0.2) is 66.0 Å². The second kappa shape index (κ2) is 8.70. The molecule has 2 heterocycles. The summed E-state index contributed by atoms with van der Waals surface area (Å²) in [6.07, 6.45) is 1.92. The van der Waals surface area contributed by atoms with Gasteiger partial charge in [-0.05, 0) is 32.0 Å². The largest absolute Gasteiger partial charge is 0.353 e. The number of thioether (sulfide) groups is 1. The summed E-state index contributed by atoms with van der Waals surface area (Å²) in [7, 11) is 3.95. The second-order valence-electron chi connectivity index (χ2n) is 5.88. The minimum Gasteiger partial charge on any atom is -0.353 e. The Morgan fingerprint density at radius 2 is 2.22 bits per heavy atom. The molecule has 0 bridgehead atoms. The molecule has 1 aromatic heterocycles. The maximum atomic E-state index is 12.8. The van der Waals surface area contributed by atoms with Crippen molar-refractivity contribution < 1.29 is 9.59 Å². The van der Waals surface area contributed by atoms with Gasteiger partial charge in [-0.15, -0.1) is 23.1 Å². The molecule has 2 atom stereocenters. The number of hydrogen-bond donors (Lipinski definition) is 1. The highest BCUT2D eigenvalue weighted by atomic mass is 32.2. The fourth-order valence-corrected chi connectivity index (χ4v) is 4.74. The first-order valence-corrected chi connectivity index (χ1v) is 9.87. The van der Waals surface area contributed by atoms with Crippen LogP contribution >= 0.6 is 23.1 Å². The van der Waals surface area contributed by atoms with Crippen molar-refractivity contribution in [1.29, 1.82) is 0 Å². The molecule has 2 amide bonds. The number of carbonyl (C=O) groups is 2. The van der Waals surface area contributed by atoms with Crippen LogP contribution in [0.2, 0.25) is 0 Å². The Morgan fingerprint density at radius 1 is 1.43 bits per heavy atom. The predicted octanol–water partition coefficient (Wildman–Crippen LogP) is 2.11. The van der Waals surface area contributed by atoms with E-state index in [1.165, 1.54) is 11.3 Å². The van der Waals surface area contributed by atoms with Crippen LogP contribution in [0.5, 0.6) is 0 Å². The molecule has 1 aliphatic heterocycles. The quantitative estimate of drug-likeness (QED) is 0.814. The summed E-state index contributed by atoms with van der Waals surface area (Å²) in [4.78, 5) is 29.9. The SMILES string of the molecule is CCCC1SCC(C(=O)NCCN(C)C)N1C(=O)c1cccs1. The van der Waals surface area contributed by atoms with Gasteiger partial charge in [0.1, 0.15) is 6.04 Å². The summed E-state index contributed by atoms with van der Waals surface area (Å²) >= 11 is 3.15. The molecule has 0 aliphatic carbocycles. The van der Waals surface area contributed by atoms with E-state index in [0.29, 0.717) is 17.2 Å². The predicted molar refractivity (Wildman–Crippen MR) is 97.0 cm³/mol. The Balaban J connectivity index is 2.07. The lowest BCUT2D eigenvalue weighted by Gasteiger charge is -2.28. The molecule has 0 aromatic carbocycles. The maximum absolute atomic E-state index is 12.8. The molecule has 0 saturated carbocycles. The van der Waals surface area contributed by atoms with E-state index in [0.717, 1.165) is 19.4 Å². The number of rotatable bonds is 7. The van der Waals surface area contributed by atoms with Crippen molar-refractivity contribution in [2.45, 2.75) is 31.2 Å². The maximum Gasteiger partial charge on any atom is 0.265 e. The average molecular weight is 356 g/mol. The Labute approximate surface area is 146 Å². The molecule has 1 saturated heterocycles. The Bertz CT molecular complexity index is 519. The van der Waals surface area contributed by atoms with Gasteiger partial charge >= 0.3 is 0 Å². The van der Waals surface area contributed by atoms with Crippen LogP contribution in [0.4, 0.5) is 0 Å². The van der Waals surface area contributed by atoms with E-state index in [2.05, 4.69) is 12.2 Å². The smallest absolute Gasteiger partial charge is 0.265 e. The van der Waals surface area contributed by atoms with Gasteiger partial charge in [-0.2, -0.15) is 0 Å². The summed E-state index contributed by atoms with van der Waals surface area (Å²) in [5.41, 5.74) is 0. The fraction of sp³-hybridized carbons (Fsp3) is 0.625.